The fraction of sp³-hybridized carbons (Fsp3) is 0.522. The summed E-state index contributed by atoms with van der Waals surface area (Å²) < 4.78 is 0. The molecule has 0 spiro atoms. The maximum Gasteiger partial charge on any atom is 0.257 e. The van der Waals surface area contributed by atoms with Gasteiger partial charge in [-0.1, -0.05) is 44.2 Å². The number of benzene rings is 1. The van der Waals surface area contributed by atoms with E-state index >= 15 is 0 Å². The highest BCUT2D eigenvalue weighted by molar-refractivity contribution is 5.95. The van der Waals surface area contributed by atoms with Crippen molar-refractivity contribution < 1.29 is 4.79 Å². The number of nitrogens with one attached hydrogen (secondary N) is 2. The molecule has 0 radical (unpaired) electrons. The van der Waals surface area contributed by atoms with E-state index in [2.05, 4.69) is 65.0 Å². The van der Waals surface area contributed by atoms with Gasteiger partial charge in [0.1, 0.15) is 5.82 Å². The molecule has 1 aromatic carbocycles. The van der Waals surface area contributed by atoms with Crippen LogP contribution in [0.1, 0.15) is 66.0 Å². The predicted molar refractivity (Wildman–Crippen MR) is 114 cm³/mol. The Hall–Kier alpha value is -2.31. The summed E-state index contributed by atoms with van der Waals surface area (Å²) in [5.41, 5.74) is 9.65. The Bertz CT molecular complexity index is 846. The SMILES string of the molecule is Cc1nc(C(C)C)ncc1C(=O)N1CCC(C2NNCC2c2ccccc2)CC1. The zero-order valence-corrected chi connectivity index (χ0v) is 17.6. The van der Waals surface area contributed by atoms with Gasteiger partial charge in [0.2, 0.25) is 0 Å². The van der Waals surface area contributed by atoms with Gasteiger partial charge in [0.25, 0.3) is 5.91 Å². The molecule has 3 heterocycles. The lowest BCUT2D eigenvalue weighted by atomic mass is 9.80. The van der Waals surface area contributed by atoms with Crippen LogP contribution in [-0.4, -0.2) is 46.5 Å². The number of likely N-dealkylation sites (tertiary alicyclic amines) is 1. The van der Waals surface area contributed by atoms with Gasteiger partial charge in [0.15, 0.2) is 0 Å². The zero-order valence-electron chi connectivity index (χ0n) is 17.6. The van der Waals surface area contributed by atoms with Crippen molar-refractivity contribution in [2.75, 3.05) is 19.6 Å². The van der Waals surface area contributed by atoms with Gasteiger partial charge in [-0.25, -0.2) is 9.97 Å². The van der Waals surface area contributed by atoms with Crippen LogP contribution >= 0.6 is 0 Å². The van der Waals surface area contributed by atoms with Crippen LogP contribution in [0.15, 0.2) is 36.5 Å². The summed E-state index contributed by atoms with van der Waals surface area (Å²) in [6, 6.07) is 11.1. The minimum absolute atomic E-state index is 0.0633. The number of carbonyl (C=O) groups excluding carboxylic acids is 1. The fourth-order valence-corrected chi connectivity index (χ4v) is 4.59. The number of aromatic nitrogens is 2. The van der Waals surface area contributed by atoms with Gasteiger partial charge in [-0.05, 0) is 31.2 Å². The number of carbonyl (C=O) groups is 1. The molecule has 2 fully saturated rings. The van der Waals surface area contributed by atoms with E-state index in [1.54, 1.807) is 6.20 Å². The Labute approximate surface area is 173 Å². The van der Waals surface area contributed by atoms with Crippen LogP contribution in [0.4, 0.5) is 0 Å². The first-order chi connectivity index (χ1) is 14.0. The highest BCUT2D eigenvalue weighted by Crippen LogP contribution is 2.32. The second kappa shape index (κ2) is 8.59. The number of hydrazine groups is 1. The van der Waals surface area contributed by atoms with E-state index in [1.807, 2.05) is 11.8 Å². The summed E-state index contributed by atoms with van der Waals surface area (Å²) in [6.45, 7) is 8.56. The Morgan fingerprint density at radius 2 is 1.90 bits per heavy atom. The molecule has 2 unspecified atom stereocenters. The summed E-state index contributed by atoms with van der Waals surface area (Å²) in [7, 11) is 0. The third kappa shape index (κ3) is 4.19. The molecule has 1 aromatic heterocycles. The number of nitrogens with zero attached hydrogens (tertiary/aromatic N) is 3. The number of rotatable bonds is 4. The van der Waals surface area contributed by atoms with Crippen molar-refractivity contribution in [1.82, 2.24) is 25.7 Å². The van der Waals surface area contributed by atoms with Gasteiger partial charge in [0.05, 0.1) is 11.3 Å². The number of hydrogen-bond acceptors (Lipinski definition) is 5. The first-order valence-electron chi connectivity index (χ1n) is 10.7. The van der Waals surface area contributed by atoms with Crippen molar-refractivity contribution in [3.8, 4) is 0 Å². The van der Waals surface area contributed by atoms with Gasteiger partial charge in [-0.2, -0.15) is 0 Å². The average Bonchev–Trinajstić information content (AvgIpc) is 3.24. The van der Waals surface area contributed by atoms with Crippen molar-refractivity contribution in [3.63, 3.8) is 0 Å². The van der Waals surface area contributed by atoms with Gasteiger partial charge >= 0.3 is 0 Å². The molecule has 2 saturated heterocycles. The number of piperidine rings is 1. The van der Waals surface area contributed by atoms with Gasteiger partial charge in [-0.15, -0.1) is 0 Å². The molecule has 0 aliphatic carbocycles. The van der Waals surface area contributed by atoms with E-state index < -0.39 is 0 Å². The van der Waals surface area contributed by atoms with Crippen LogP contribution in [-0.2, 0) is 0 Å². The molecular formula is C23H31N5O. The highest BCUT2D eigenvalue weighted by Gasteiger charge is 2.37. The minimum atomic E-state index is 0.0633. The number of amides is 1. The lowest BCUT2D eigenvalue weighted by molar-refractivity contribution is 0.0668. The van der Waals surface area contributed by atoms with Gasteiger partial charge < -0.3 is 4.90 Å². The van der Waals surface area contributed by atoms with Crippen molar-refractivity contribution in [3.05, 3.63) is 59.2 Å². The molecule has 29 heavy (non-hydrogen) atoms. The van der Waals surface area contributed by atoms with Gasteiger partial charge in [-0.3, -0.25) is 15.6 Å². The third-order valence-corrected chi connectivity index (χ3v) is 6.33. The maximum atomic E-state index is 13.0. The maximum absolute atomic E-state index is 13.0. The summed E-state index contributed by atoms with van der Waals surface area (Å²) in [4.78, 5) is 23.9. The van der Waals surface area contributed by atoms with Crippen molar-refractivity contribution in [2.45, 2.75) is 51.5 Å². The summed E-state index contributed by atoms with van der Waals surface area (Å²) in [5, 5.41) is 0. The second-order valence-corrected chi connectivity index (χ2v) is 8.58. The van der Waals surface area contributed by atoms with Crippen molar-refractivity contribution >= 4 is 5.91 Å². The molecule has 2 aliphatic heterocycles. The molecule has 0 saturated carbocycles. The quantitative estimate of drug-likeness (QED) is 0.836. The molecule has 2 aromatic rings. The topological polar surface area (TPSA) is 70.2 Å². The molecule has 4 rings (SSSR count). The van der Waals surface area contributed by atoms with E-state index in [1.165, 1.54) is 5.56 Å². The first kappa shape index (κ1) is 20.0. The molecule has 2 atom stereocenters. The Morgan fingerprint density at radius 3 is 2.55 bits per heavy atom. The lowest BCUT2D eigenvalue weighted by Gasteiger charge is -2.36. The van der Waals surface area contributed by atoms with E-state index in [4.69, 9.17) is 0 Å². The molecule has 6 nitrogen and oxygen atoms in total. The molecule has 2 aliphatic rings. The second-order valence-electron chi connectivity index (χ2n) is 8.58. The lowest BCUT2D eigenvalue weighted by Crippen LogP contribution is -2.46. The number of aryl methyl sites for hydroxylation is 1. The normalized spacial score (nSPS) is 23.0. The minimum Gasteiger partial charge on any atom is -0.339 e. The smallest absolute Gasteiger partial charge is 0.257 e. The van der Waals surface area contributed by atoms with E-state index in [0.29, 0.717) is 23.4 Å². The monoisotopic (exact) mass is 393 g/mol. The van der Waals surface area contributed by atoms with Crippen LogP contribution in [0.3, 0.4) is 0 Å². The third-order valence-electron chi connectivity index (χ3n) is 6.33. The zero-order chi connectivity index (χ0) is 20.4. The molecule has 6 heteroatoms. The van der Waals surface area contributed by atoms with E-state index in [0.717, 1.165) is 44.0 Å². The Kier molecular flexibility index (Phi) is 5.92. The standard InChI is InChI=1S/C23H31N5O/c1-15(2)22-24-13-19(16(3)26-22)23(29)28-11-9-18(10-12-28)21-20(14-25-27-21)17-7-5-4-6-8-17/h4-8,13,15,18,20-21,25,27H,9-12,14H2,1-3H3. The van der Waals surface area contributed by atoms with E-state index in [-0.39, 0.29) is 11.8 Å². The molecule has 1 amide bonds. The molecule has 154 valence electrons. The summed E-state index contributed by atoms with van der Waals surface area (Å²) in [6.07, 6.45) is 3.73. The Morgan fingerprint density at radius 1 is 1.17 bits per heavy atom. The molecular weight excluding hydrogens is 362 g/mol. The van der Waals surface area contributed by atoms with Gasteiger partial charge in [0, 0.05) is 43.7 Å². The van der Waals surface area contributed by atoms with Crippen LogP contribution in [0.5, 0.6) is 0 Å². The van der Waals surface area contributed by atoms with Crippen LogP contribution in [0.2, 0.25) is 0 Å². The van der Waals surface area contributed by atoms with E-state index in [9.17, 15) is 4.79 Å². The summed E-state index contributed by atoms with van der Waals surface area (Å²) >= 11 is 0. The number of hydrogen-bond donors (Lipinski definition) is 2. The van der Waals surface area contributed by atoms with Crippen LogP contribution < -0.4 is 10.9 Å². The molecule has 0 bridgehead atoms. The van der Waals surface area contributed by atoms with Crippen LogP contribution in [0, 0.1) is 12.8 Å². The predicted octanol–water partition coefficient (Wildman–Crippen LogP) is 3.02. The Balaban J connectivity index is 1.40. The summed E-state index contributed by atoms with van der Waals surface area (Å²) in [5.74, 6) is 2.15. The van der Waals surface area contributed by atoms with Crippen molar-refractivity contribution in [1.29, 1.82) is 0 Å². The van der Waals surface area contributed by atoms with Crippen molar-refractivity contribution in [2.24, 2.45) is 5.92 Å². The largest absolute Gasteiger partial charge is 0.339 e. The average molecular weight is 394 g/mol. The van der Waals surface area contributed by atoms with Crippen LogP contribution in [0.25, 0.3) is 0 Å². The highest BCUT2D eigenvalue weighted by atomic mass is 16.2. The first-order valence-corrected chi connectivity index (χ1v) is 10.7. The molecule has 2 N–H and O–H groups in total. The fourth-order valence-electron chi connectivity index (χ4n) is 4.59.